The minimum atomic E-state index is -0.351. The molecule has 1 aliphatic heterocycles. The first-order valence-electron chi connectivity index (χ1n) is 14.9. The molecule has 0 saturated heterocycles. The van der Waals surface area contributed by atoms with Crippen molar-refractivity contribution in [1.29, 1.82) is 0 Å². The lowest BCUT2D eigenvalue weighted by Crippen LogP contribution is -2.38. The monoisotopic (exact) mass is 563 g/mol. The van der Waals surface area contributed by atoms with E-state index in [0.717, 1.165) is 53.4 Å². The van der Waals surface area contributed by atoms with E-state index in [-0.39, 0.29) is 29.7 Å². The fraction of sp³-hybridized carbons (Fsp3) is 0.343. The number of allylic oxidation sites excluding steroid dienone is 1. The molecule has 0 radical (unpaired) electrons. The zero-order valence-electron chi connectivity index (χ0n) is 24.2. The second-order valence-corrected chi connectivity index (χ2v) is 11.8. The lowest BCUT2D eigenvalue weighted by molar-refractivity contribution is -0.137. The first kappa shape index (κ1) is 26.6. The molecule has 214 valence electrons. The molecule has 2 atom stereocenters. The van der Waals surface area contributed by atoms with Crippen LogP contribution in [0.5, 0.6) is 0 Å². The number of hydrogen-bond acceptors (Lipinski definition) is 4. The normalized spacial score (nSPS) is 20.6. The van der Waals surface area contributed by atoms with Crippen LogP contribution in [0, 0.1) is 5.82 Å². The van der Waals surface area contributed by atoms with Crippen molar-refractivity contribution in [3.8, 4) is 11.4 Å². The summed E-state index contributed by atoms with van der Waals surface area (Å²) in [4.78, 5) is 32.7. The quantitative estimate of drug-likeness (QED) is 0.187. The maximum atomic E-state index is 15.6. The van der Waals surface area contributed by atoms with Gasteiger partial charge in [0.15, 0.2) is 0 Å². The summed E-state index contributed by atoms with van der Waals surface area (Å²) < 4.78 is 22.5. The van der Waals surface area contributed by atoms with Gasteiger partial charge in [0.2, 0.25) is 0 Å². The Labute approximate surface area is 244 Å². The molecule has 4 aromatic rings. The Morgan fingerprint density at radius 1 is 1.10 bits per heavy atom. The predicted octanol–water partition coefficient (Wildman–Crippen LogP) is 6.99. The van der Waals surface area contributed by atoms with Crippen LogP contribution < -0.4 is 0 Å². The van der Waals surface area contributed by atoms with Crippen molar-refractivity contribution in [2.45, 2.75) is 57.4 Å². The van der Waals surface area contributed by atoms with Gasteiger partial charge in [-0.1, -0.05) is 35.9 Å². The molecule has 7 heteroatoms. The zero-order valence-corrected chi connectivity index (χ0v) is 24.2. The molecule has 2 saturated carbocycles. The largest absolute Gasteiger partial charge is 0.463 e. The minimum absolute atomic E-state index is 0.00338. The number of carbonyl (C=O) groups excluding carboxylic acids is 2. The molecule has 2 aliphatic carbocycles. The lowest BCUT2D eigenvalue weighted by Gasteiger charge is -2.35. The molecule has 1 unspecified atom stereocenters. The van der Waals surface area contributed by atoms with Crippen LogP contribution in [0.1, 0.15) is 83.6 Å². The number of aryl methyl sites for hydroxylation is 1. The smallest absolute Gasteiger partial charge is 0.330 e. The van der Waals surface area contributed by atoms with Crippen LogP contribution in [-0.2, 0) is 23.0 Å². The predicted molar refractivity (Wildman–Crippen MR) is 160 cm³/mol. The Bertz CT molecular complexity index is 1780. The van der Waals surface area contributed by atoms with Crippen molar-refractivity contribution in [1.82, 2.24) is 14.5 Å². The van der Waals surface area contributed by atoms with E-state index in [0.29, 0.717) is 36.0 Å². The summed E-state index contributed by atoms with van der Waals surface area (Å²) in [7, 11) is 1.89. The van der Waals surface area contributed by atoms with Crippen molar-refractivity contribution in [2.75, 3.05) is 13.2 Å². The molecule has 1 aromatic heterocycles. The molecule has 0 spiro atoms. The first-order valence-corrected chi connectivity index (χ1v) is 14.9. The van der Waals surface area contributed by atoms with Gasteiger partial charge in [0.05, 0.1) is 29.2 Å². The van der Waals surface area contributed by atoms with E-state index in [1.165, 1.54) is 17.2 Å². The standard InChI is InChI=1S/C35H34FN3O3/c1-4-42-32(40)19-24-15-28(24)23-11-12-27(30(36)17-23)34-37-33-29(22-9-10-22)16-25(18-31(33)38(34)3)35(41)39-14-13-21-7-5-6-8-26(21)20(39)2/h5-8,11-12,16-20,22,28H,4,9-10,13-15H2,1-3H3/b24-19-/t20-,28?/m1/s1. The van der Waals surface area contributed by atoms with Gasteiger partial charge < -0.3 is 14.2 Å². The summed E-state index contributed by atoms with van der Waals surface area (Å²) in [6, 6.07) is 17.6. The topological polar surface area (TPSA) is 64.4 Å². The minimum Gasteiger partial charge on any atom is -0.463 e. The molecule has 6 nitrogen and oxygen atoms in total. The van der Waals surface area contributed by atoms with Crippen LogP contribution in [0.3, 0.4) is 0 Å². The number of esters is 1. The SMILES string of the molecule is CCOC(=O)/C=C1/CC1c1ccc(-c2nc3c(C4CC4)cc(C(=O)N4CCc5ccccc5[C@H]4C)cc3n2C)c(F)c1. The molecule has 2 heterocycles. The number of ether oxygens (including phenoxy) is 1. The summed E-state index contributed by atoms with van der Waals surface area (Å²) in [5, 5.41) is 0. The van der Waals surface area contributed by atoms with E-state index in [2.05, 4.69) is 25.1 Å². The summed E-state index contributed by atoms with van der Waals surface area (Å²) in [6.45, 7) is 4.89. The van der Waals surface area contributed by atoms with Gasteiger partial charge in [-0.25, -0.2) is 14.2 Å². The number of imidazole rings is 1. The first-order chi connectivity index (χ1) is 20.3. The number of aromatic nitrogens is 2. The van der Waals surface area contributed by atoms with Crippen LogP contribution in [0.25, 0.3) is 22.4 Å². The highest BCUT2D eigenvalue weighted by atomic mass is 19.1. The van der Waals surface area contributed by atoms with Gasteiger partial charge >= 0.3 is 5.97 Å². The number of rotatable bonds is 6. The average molecular weight is 564 g/mol. The van der Waals surface area contributed by atoms with E-state index < -0.39 is 0 Å². The Morgan fingerprint density at radius 2 is 1.90 bits per heavy atom. The summed E-state index contributed by atoms with van der Waals surface area (Å²) in [6.07, 6.45) is 5.23. The van der Waals surface area contributed by atoms with Gasteiger partial charge in [-0.05, 0) is 92.0 Å². The van der Waals surface area contributed by atoms with Crippen molar-refractivity contribution < 1.29 is 18.7 Å². The zero-order chi connectivity index (χ0) is 29.1. The second kappa shape index (κ2) is 10.2. The molecule has 7 rings (SSSR count). The highest BCUT2D eigenvalue weighted by Gasteiger charge is 2.34. The van der Waals surface area contributed by atoms with Gasteiger partial charge in [0.25, 0.3) is 5.91 Å². The average Bonchev–Trinajstić information content (AvgIpc) is 3.92. The van der Waals surface area contributed by atoms with Gasteiger partial charge in [-0.2, -0.15) is 0 Å². The molecule has 3 aliphatic rings. The molecule has 1 amide bonds. The van der Waals surface area contributed by atoms with E-state index >= 15 is 4.39 Å². The number of fused-ring (bicyclic) bond motifs is 2. The van der Waals surface area contributed by atoms with Crippen molar-refractivity contribution >= 4 is 22.9 Å². The Kier molecular flexibility index (Phi) is 6.48. The maximum Gasteiger partial charge on any atom is 0.330 e. The molecule has 0 N–H and O–H groups in total. The Morgan fingerprint density at radius 3 is 2.67 bits per heavy atom. The summed E-state index contributed by atoms with van der Waals surface area (Å²) in [5.41, 5.74) is 8.15. The third-order valence-electron chi connectivity index (χ3n) is 9.09. The number of halogens is 1. The van der Waals surface area contributed by atoms with Crippen molar-refractivity contribution in [2.24, 2.45) is 7.05 Å². The van der Waals surface area contributed by atoms with Crippen LogP contribution in [0.4, 0.5) is 4.39 Å². The van der Waals surface area contributed by atoms with Crippen LogP contribution in [-0.4, -0.2) is 39.5 Å². The van der Waals surface area contributed by atoms with Crippen LogP contribution >= 0.6 is 0 Å². The molecular formula is C35H34FN3O3. The van der Waals surface area contributed by atoms with Crippen LogP contribution in [0.15, 0.2) is 66.2 Å². The maximum absolute atomic E-state index is 15.6. The molecule has 0 bridgehead atoms. The van der Waals surface area contributed by atoms with Crippen molar-refractivity contribution in [3.05, 3.63) is 99.9 Å². The number of carbonyl (C=O) groups is 2. The van der Waals surface area contributed by atoms with Gasteiger partial charge in [0.1, 0.15) is 11.6 Å². The van der Waals surface area contributed by atoms with Crippen LogP contribution in [0.2, 0.25) is 0 Å². The third-order valence-corrected chi connectivity index (χ3v) is 9.09. The highest BCUT2D eigenvalue weighted by molar-refractivity contribution is 5.99. The van der Waals surface area contributed by atoms with Gasteiger partial charge in [0, 0.05) is 31.1 Å². The van der Waals surface area contributed by atoms with Gasteiger partial charge in [-0.3, -0.25) is 4.79 Å². The number of amides is 1. The Balaban J connectivity index is 1.22. The van der Waals surface area contributed by atoms with E-state index in [9.17, 15) is 9.59 Å². The fourth-order valence-corrected chi connectivity index (χ4v) is 6.53. The lowest BCUT2D eigenvalue weighted by atomic mass is 9.92. The van der Waals surface area contributed by atoms with E-state index in [1.54, 1.807) is 19.1 Å². The molecule has 42 heavy (non-hydrogen) atoms. The van der Waals surface area contributed by atoms with E-state index in [1.807, 2.05) is 40.8 Å². The third kappa shape index (κ3) is 4.61. The van der Waals surface area contributed by atoms with E-state index in [4.69, 9.17) is 9.72 Å². The second-order valence-electron chi connectivity index (χ2n) is 11.8. The molecular weight excluding hydrogens is 529 g/mol. The molecule has 3 aromatic carbocycles. The highest BCUT2D eigenvalue weighted by Crippen LogP contribution is 2.48. The number of nitrogens with zero attached hydrogens (tertiary/aromatic N) is 3. The Hall–Kier alpha value is -4.26. The number of benzene rings is 3. The molecule has 2 fully saturated rings. The van der Waals surface area contributed by atoms with Gasteiger partial charge in [-0.15, -0.1) is 0 Å². The fourth-order valence-electron chi connectivity index (χ4n) is 6.53. The summed E-state index contributed by atoms with van der Waals surface area (Å²) in [5.74, 6) is 0.273. The van der Waals surface area contributed by atoms with Crippen molar-refractivity contribution in [3.63, 3.8) is 0 Å². The summed E-state index contributed by atoms with van der Waals surface area (Å²) >= 11 is 0. The number of hydrogen-bond donors (Lipinski definition) is 0.